The highest BCUT2D eigenvalue weighted by atomic mass is 16.2. The predicted octanol–water partition coefficient (Wildman–Crippen LogP) is 0.572. The van der Waals surface area contributed by atoms with Crippen LogP contribution in [0.2, 0.25) is 0 Å². The number of carbonyl (C=O) groups excluding carboxylic acids is 3. The van der Waals surface area contributed by atoms with Gasteiger partial charge in [0, 0.05) is 29.2 Å². The van der Waals surface area contributed by atoms with E-state index in [0.29, 0.717) is 19.4 Å². The number of aromatic nitrogens is 1. The van der Waals surface area contributed by atoms with E-state index in [4.69, 9.17) is 5.73 Å². The number of hydrogen-bond acceptors (Lipinski definition) is 3. The summed E-state index contributed by atoms with van der Waals surface area (Å²) in [5.41, 5.74) is 6.96. The number of fused-ring (bicyclic) bond motifs is 1. The molecular weight excluding hydrogens is 322 g/mol. The van der Waals surface area contributed by atoms with Crippen LogP contribution in [0.3, 0.4) is 0 Å². The molecule has 1 aromatic heterocycles. The van der Waals surface area contributed by atoms with E-state index < -0.39 is 12.1 Å². The Kier molecular flexibility index (Phi) is 4.69. The summed E-state index contributed by atoms with van der Waals surface area (Å²) in [7, 11) is 0. The summed E-state index contributed by atoms with van der Waals surface area (Å²) < 4.78 is 0. The summed E-state index contributed by atoms with van der Waals surface area (Å²) in [6.07, 6.45) is 4.39. The van der Waals surface area contributed by atoms with E-state index in [2.05, 4.69) is 20.9 Å². The third-order valence-corrected chi connectivity index (χ3v) is 4.01. The first-order valence-corrected chi connectivity index (χ1v) is 7.97. The molecule has 8 nitrogen and oxygen atoms in total. The third-order valence-electron chi connectivity index (χ3n) is 4.01. The van der Waals surface area contributed by atoms with Crippen LogP contribution in [0.4, 0.5) is 4.79 Å². The van der Waals surface area contributed by atoms with Crippen LogP contribution in [0.25, 0.3) is 17.0 Å². The van der Waals surface area contributed by atoms with Gasteiger partial charge in [0.2, 0.25) is 5.91 Å². The third kappa shape index (κ3) is 3.79. The van der Waals surface area contributed by atoms with Crippen LogP contribution in [0, 0.1) is 0 Å². The fourth-order valence-electron chi connectivity index (χ4n) is 2.77. The lowest BCUT2D eigenvalue weighted by molar-refractivity contribution is -0.131. The number of nitrogens with one attached hydrogen (secondary N) is 4. The Hall–Kier alpha value is -3.29. The second-order valence-electron chi connectivity index (χ2n) is 5.80. The quantitative estimate of drug-likeness (QED) is 0.403. The number of para-hydroxylation sites is 1. The van der Waals surface area contributed by atoms with Gasteiger partial charge < -0.3 is 26.7 Å². The van der Waals surface area contributed by atoms with Gasteiger partial charge in [0.15, 0.2) is 0 Å². The fourth-order valence-corrected chi connectivity index (χ4v) is 2.77. The van der Waals surface area contributed by atoms with Crippen molar-refractivity contribution in [3.63, 3.8) is 0 Å². The van der Waals surface area contributed by atoms with Gasteiger partial charge in [0.1, 0.15) is 11.7 Å². The van der Waals surface area contributed by atoms with Crippen molar-refractivity contribution in [3.8, 4) is 0 Å². The highest BCUT2D eigenvalue weighted by Crippen LogP contribution is 2.20. The van der Waals surface area contributed by atoms with Gasteiger partial charge in [-0.1, -0.05) is 18.2 Å². The van der Waals surface area contributed by atoms with E-state index in [9.17, 15) is 14.4 Å². The average molecular weight is 341 g/mol. The van der Waals surface area contributed by atoms with Gasteiger partial charge in [0.05, 0.1) is 0 Å². The molecule has 2 heterocycles. The van der Waals surface area contributed by atoms with Gasteiger partial charge >= 0.3 is 6.03 Å². The van der Waals surface area contributed by atoms with Crippen molar-refractivity contribution >= 4 is 34.8 Å². The molecule has 0 radical (unpaired) electrons. The number of nitrogens with two attached hydrogens (primary N) is 1. The molecule has 1 fully saturated rings. The Bertz CT molecular complexity index is 855. The van der Waals surface area contributed by atoms with Gasteiger partial charge in [-0.3, -0.25) is 9.59 Å². The molecule has 6 N–H and O–H groups in total. The molecule has 8 heteroatoms. The Labute approximate surface area is 143 Å². The van der Waals surface area contributed by atoms with Gasteiger partial charge in [-0.05, 0) is 25.0 Å². The molecule has 1 atom stereocenters. The largest absolute Gasteiger partial charge is 0.361 e. The smallest absolute Gasteiger partial charge is 0.312 e. The zero-order valence-corrected chi connectivity index (χ0v) is 13.5. The number of amides is 4. The van der Waals surface area contributed by atoms with Crippen molar-refractivity contribution in [1.82, 2.24) is 20.9 Å². The van der Waals surface area contributed by atoms with Gasteiger partial charge in [0.25, 0.3) is 5.91 Å². The van der Waals surface area contributed by atoms with E-state index in [1.807, 2.05) is 24.3 Å². The number of rotatable bonds is 5. The number of primary amides is 1. The molecule has 3 rings (SSSR count). The van der Waals surface area contributed by atoms with Crippen LogP contribution in [0.1, 0.15) is 18.4 Å². The fraction of sp³-hybridized carbons (Fsp3) is 0.235. The standard InChI is InChI=1S/C17H19N5O3/c18-17(25)19-7-3-6-13-15(23)22-14(16(24)21-13)8-10-9-20-12-5-2-1-4-11(10)12/h1-2,4-5,8-9,13,20H,3,6-7H2,(H,21,24)(H,22,23)(H3,18,19,25)/b14-8-. The van der Waals surface area contributed by atoms with E-state index in [0.717, 1.165) is 16.5 Å². The van der Waals surface area contributed by atoms with E-state index >= 15 is 0 Å². The minimum Gasteiger partial charge on any atom is -0.361 e. The van der Waals surface area contributed by atoms with Crippen LogP contribution >= 0.6 is 0 Å². The Morgan fingerprint density at radius 1 is 1.28 bits per heavy atom. The molecule has 0 saturated carbocycles. The molecule has 1 aromatic carbocycles. The Balaban J connectivity index is 1.67. The Morgan fingerprint density at radius 2 is 2.08 bits per heavy atom. The lowest BCUT2D eigenvalue weighted by Gasteiger charge is -2.25. The average Bonchev–Trinajstić information content (AvgIpc) is 2.98. The Morgan fingerprint density at radius 3 is 2.88 bits per heavy atom. The number of urea groups is 1. The maximum atomic E-state index is 12.3. The lowest BCUT2D eigenvalue weighted by atomic mass is 10.1. The lowest BCUT2D eigenvalue weighted by Crippen LogP contribution is -2.54. The molecule has 25 heavy (non-hydrogen) atoms. The number of carbonyl (C=O) groups is 3. The molecule has 0 spiro atoms. The number of H-pyrrole nitrogens is 1. The first-order valence-electron chi connectivity index (χ1n) is 7.97. The second kappa shape index (κ2) is 7.08. The molecule has 4 amide bonds. The van der Waals surface area contributed by atoms with Crippen molar-refractivity contribution in [2.24, 2.45) is 5.73 Å². The molecule has 130 valence electrons. The summed E-state index contributed by atoms with van der Waals surface area (Å²) in [6, 6.07) is 6.47. The van der Waals surface area contributed by atoms with Crippen LogP contribution in [-0.4, -0.2) is 35.4 Å². The summed E-state index contributed by atoms with van der Waals surface area (Å²) in [6.45, 7) is 0.354. The number of aromatic amines is 1. The normalized spacial score (nSPS) is 18.9. The van der Waals surface area contributed by atoms with Crippen molar-refractivity contribution in [2.45, 2.75) is 18.9 Å². The first-order chi connectivity index (χ1) is 12.0. The van der Waals surface area contributed by atoms with Crippen LogP contribution in [0.5, 0.6) is 0 Å². The van der Waals surface area contributed by atoms with Gasteiger partial charge in [-0.2, -0.15) is 0 Å². The highest BCUT2D eigenvalue weighted by molar-refractivity contribution is 6.08. The number of benzene rings is 1. The summed E-state index contributed by atoms with van der Waals surface area (Å²) in [4.78, 5) is 38.2. The van der Waals surface area contributed by atoms with E-state index in [1.165, 1.54) is 0 Å². The van der Waals surface area contributed by atoms with Crippen molar-refractivity contribution in [2.75, 3.05) is 6.54 Å². The van der Waals surface area contributed by atoms with E-state index in [1.54, 1.807) is 12.3 Å². The molecule has 0 aliphatic carbocycles. The maximum absolute atomic E-state index is 12.3. The van der Waals surface area contributed by atoms with Crippen molar-refractivity contribution in [1.29, 1.82) is 0 Å². The maximum Gasteiger partial charge on any atom is 0.312 e. The van der Waals surface area contributed by atoms with Crippen LogP contribution in [-0.2, 0) is 9.59 Å². The van der Waals surface area contributed by atoms with Crippen molar-refractivity contribution in [3.05, 3.63) is 41.7 Å². The SMILES string of the molecule is NC(=O)NCCCC1NC(=O)/C(=C/c2c[nH]c3ccccc23)NC1=O. The topological polar surface area (TPSA) is 129 Å². The summed E-state index contributed by atoms with van der Waals surface area (Å²) in [5, 5.41) is 8.76. The minimum atomic E-state index is -0.623. The highest BCUT2D eigenvalue weighted by Gasteiger charge is 2.29. The monoisotopic (exact) mass is 341 g/mol. The zero-order chi connectivity index (χ0) is 17.8. The van der Waals surface area contributed by atoms with Gasteiger partial charge in [-0.15, -0.1) is 0 Å². The van der Waals surface area contributed by atoms with Crippen molar-refractivity contribution < 1.29 is 14.4 Å². The molecular formula is C17H19N5O3. The number of hydrogen-bond donors (Lipinski definition) is 5. The molecule has 1 aliphatic rings. The first kappa shape index (κ1) is 16.6. The van der Waals surface area contributed by atoms with Crippen LogP contribution < -0.4 is 21.7 Å². The van der Waals surface area contributed by atoms with Crippen LogP contribution in [0.15, 0.2) is 36.2 Å². The predicted molar refractivity (Wildman–Crippen MR) is 93.2 cm³/mol. The zero-order valence-electron chi connectivity index (χ0n) is 13.5. The summed E-state index contributed by atoms with van der Waals surface area (Å²) in [5.74, 6) is -0.609. The molecule has 1 saturated heterocycles. The molecule has 1 unspecified atom stereocenters. The number of piperazine rings is 1. The molecule has 2 aromatic rings. The summed E-state index contributed by atoms with van der Waals surface area (Å²) >= 11 is 0. The molecule has 1 aliphatic heterocycles. The van der Waals surface area contributed by atoms with Gasteiger partial charge in [-0.25, -0.2) is 4.79 Å². The molecule has 0 bridgehead atoms. The minimum absolute atomic E-state index is 0.210. The second-order valence-corrected chi connectivity index (χ2v) is 5.80. The van der Waals surface area contributed by atoms with E-state index in [-0.39, 0.29) is 17.5 Å².